The van der Waals surface area contributed by atoms with Gasteiger partial charge in [-0.15, -0.1) is 11.6 Å². The number of hydrogen-bond donors (Lipinski definition) is 2. The van der Waals surface area contributed by atoms with Crippen molar-refractivity contribution in [3.63, 3.8) is 0 Å². The second-order valence-corrected chi connectivity index (χ2v) is 10.5. The van der Waals surface area contributed by atoms with E-state index < -0.39 is 0 Å². The molecule has 6 nitrogen and oxygen atoms in total. The summed E-state index contributed by atoms with van der Waals surface area (Å²) in [5.74, 6) is 0.470. The lowest BCUT2D eigenvalue weighted by atomic mass is 10.1. The number of alkyl halides is 1. The lowest BCUT2D eigenvalue weighted by Gasteiger charge is -2.08. The van der Waals surface area contributed by atoms with E-state index in [9.17, 15) is 9.59 Å². The zero-order valence-electron chi connectivity index (χ0n) is 24.6. The highest BCUT2D eigenvalue weighted by atomic mass is 35.5. The summed E-state index contributed by atoms with van der Waals surface area (Å²) in [7, 11) is 0. The maximum Gasteiger partial charge on any atom is 0.222 e. The molecule has 0 aromatic heterocycles. The molecule has 2 amide bonds. The third-order valence-electron chi connectivity index (χ3n) is 6.50. The molecule has 0 radical (unpaired) electrons. The summed E-state index contributed by atoms with van der Waals surface area (Å²) < 4.78 is 10.6. The fourth-order valence-corrected chi connectivity index (χ4v) is 4.30. The van der Waals surface area contributed by atoms with E-state index in [2.05, 4.69) is 29.7 Å². The second kappa shape index (κ2) is 32.1. The van der Waals surface area contributed by atoms with E-state index in [1.165, 1.54) is 96.3 Å². The van der Waals surface area contributed by atoms with Gasteiger partial charge in [-0.3, -0.25) is 9.59 Å². The number of halogens is 1. The first-order chi connectivity index (χ1) is 18.7. The molecule has 2 N–H and O–H groups in total. The van der Waals surface area contributed by atoms with Gasteiger partial charge in [-0.05, 0) is 32.1 Å². The summed E-state index contributed by atoms with van der Waals surface area (Å²) in [6, 6.07) is 0. The van der Waals surface area contributed by atoms with E-state index in [0.717, 1.165) is 12.8 Å². The van der Waals surface area contributed by atoms with Gasteiger partial charge in [-0.2, -0.15) is 0 Å². The molecule has 0 aromatic rings. The molecular weight excluding hydrogens is 500 g/mol. The number of carbonyl (C=O) groups is 2. The number of ether oxygens (including phenoxy) is 2. The van der Waals surface area contributed by atoms with Gasteiger partial charge >= 0.3 is 0 Å². The molecule has 0 fully saturated rings. The molecule has 0 aromatic carbocycles. The van der Waals surface area contributed by atoms with Crippen molar-refractivity contribution in [2.75, 3.05) is 45.4 Å². The number of amides is 2. The summed E-state index contributed by atoms with van der Waals surface area (Å²) in [6.45, 7) is 4.96. The smallest absolute Gasteiger partial charge is 0.222 e. The summed E-state index contributed by atoms with van der Waals surface area (Å²) in [5, 5.41) is 5.67. The standard InChI is InChI=1S/C31H59ClN2O4/c1-2-3-4-5-6-7-8-9-10-11-12-13-14-15-16-17-18-19-20-21-30(35)33-24-28-38-29-25-34-31(36)22-26-37-27-23-32/h9-10H,2-8,11-29H2,1H3,(H,33,35)(H,34,36)/b10-9-. The Labute approximate surface area is 239 Å². The van der Waals surface area contributed by atoms with Crippen LogP contribution in [0.15, 0.2) is 12.2 Å². The monoisotopic (exact) mass is 558 g/mol. The second-order valence-electron chi connectivity index (χ2n) is 10.1. The number of carbonyl (C=O) groups excluding carboxylic acids is 2. The molecular formula is C31H59ClN2O4. The van der Waals surface area contributed by atoms with Crippen LogP contribution < -0.4 is 10.6 Å². The van der Waals surface area contributed by atoms with E-state index in [4.69, 9.17) is 21.1 Å². The zero-order valence-corrected chi connectivity index (χ0v) is 25.3. The van der Waals surface area contributed by atoms with Crippen molar-refractivity contribution in [1.29, 1.82) is 0 Å². The van der Waals surface area contributed by atoms with Crippen LogP contribution in [0.2, 0.25) is 0 Å². The van der Waals surface area contributed by atoms with Crippen molar-refractivity contribution < 1.29 is 19.1 Å². The fourth-order valence-electron chi connectivity index (χ4n) is 4.19. The van der Waals surface area contributed by atoms with E-state index in [1.807, 2.05) is 0 Å². The molecule has 0 spiro atoms. The Kier molecular flexibility index (Phi) is 31.2. The fraction of sp³-hybridized carbons (Fsp3) is 0.871. The van der Waals surface area contributed by atoms with Gasteiger partial charge in [0.1, 0.15) is 0 Å². The van der Waals surface area contributed by atoms with Gasteiger partial charge < -0.3 is 20.1 Å². The van der Waals surface area contributed by atoms with Crippen LogP contribution in [0, 0.1) is 0 Å². The quantitative estimate of drug-likeness (QED) is 0.0544. The van der Waals surface area contributed by atoms with Gasteiger partial charge in [0.2, 0.25) is 11.8 Å². The van der Waals surface area contributed by atoms with Crippen molar-refractivity contribution in [2.24, 2.45) is 0 Å². The minimum atomic E-state index is -0.0614. The van der Waals surface area contributed by atoms with E-state index in [0.29, 0.717) is 58.2 Å². The normalized spacial score (nSPS) is 11.3. The molecule has 0 saturated carbocycles. The van der Waals surface area contributed by atoms with Crippen molar-refractivity contribution >= 4 is 23.4 Å². The Morgan fingerprint density at radius 1 is 0.579 bits per heavy atom. The van der Waals surface area contributed by atoms with Gasteiger partial charge in [0, 0.05) is 31.8 Å². The van der Waals surface area contributed by atoms with Gasteiger partial charge in [-0.25, -0.2) is 0 Å². The molecule has 0 saturated heterocycles. The van der Waals surface area contributed by atoms with Crippen molar-refractivity contribution in [2.45, 2.75) is 129 Å². The van der Waals surface area contributed by atoms with Crippen LogP contribution in [0.4, 0.5) is 0 Å². The van der Waals surface area contributed by atoms with E-state index in [1.54, 1.807) is 0 Å². The SMILES string of the molecule is CCCCCCCC/C=C\CCCCCCCCCCCC(=O)NCCOCCNC(=O)CCOCCCl. The van der Waals surface area contributed by atoms with Crippen LogP contribution in [0.3, 0.4) is 0 Å². The lowest BCUT2D eigenvalue weighted by Crippen LogP contribution is -2.30. The first kappa shape index (κ1) is 36.9. The Bertz CT molecular complexity index is 546. The van der Waals surface area contributed by atoms with Crippen molar-refractivity contribution in [3.8, 4) is 0 Å². The van der Waals surface area contributed by atoms with Gasteiger partial charge in [0.25, 0.3) is 0 Å². The third kappa shape index (κ3) is 31.1. The average Bonchev–Trinajstić information content (AvgIpc) is 2.91. The van der Waals surface area contributed by atoms with Crippen LogP contribution in [0.1, 0.15) is 129 Å². The highest BCUT2D eigenvalue weighted by molar-refractivity contribution is 6.17. The molecule has 224 valence electrons. The topological polar surface area (TPSA) is 76.7 Å². The van der Waals surface area contributed by atoms with Crippen LogP contribution in [-0.2, 0) is 19.1 Å². The van der Waals surface area contributed by atoms with Gasteiger partial charge in [-0.1, -0.05) is 96.1 Å². The van der Waals surface area contributed by atoms with E-state index >= 15 is 0 Å². The number of unbranched alkanes of at least 4 members (excludes halogenated alkanes) is 15. The first-order valence-electron chi connectivity index (χ1n) is 15.6. The molecule has 7 heteroatoms. The Morgan fingerprint density at radius 3 is 1.55 bits per heavy atom. The maximum absolute atomic E-state index is 11.9. The zero-order chi connectivity index (χ0) is 27.8. The predicted octanol–water partition coefficient (Wildman–Crippen LogP) is 7.48. The van der Waals surface area contributed by atoms with E-state index in [-0.39, 0.29) is 11.8 Å². The maximum atomic E-state index is 11.9. The molecule has 0 aliphatic rings. The van der Waals surface area contributed by atoms with Crippen LogP contribution in [0.5, 0.6) is 0 Å². The molecule has 0 aliphatic carbocycles. The Hall–Kier alpha value is -1.11. The summed E-state index contributed by atoms with van der Waals surface area (Å²) >= 11 is 5.50. The van der Waals surface area contributed by atoms with Crippen LogP contribution in [-0.4, -0.2) is 57.2 Å². The Balaban J connectivity index is 3.25. The average molecular weight is 559 g/mol. The minimum Gasteiger partial charge on any atom is -0.380 e. The minimum absolute atomic E-state index is 0.0614. The molecule has 0 rings (SSSR count). The highest BCUT2D eigenvalue weighted by Crippen LogP contribution is 2.12. The van der Waals surface area contributed by atoms with Crippen molar-refractivity contribution in [1.82, 2.24) is 10.6 Å². The lowest BCUT2D eigenvalue weighted by molar-refractivity contribution is -0.122. The summed E-state index contributed by atoms with van der Waals surface area (Å²) in [4.78, 5) is 23.5. The summed E-state index contributed by atoms with van der Waals surface area (Å²) in [5.41, 5.74) is 0. The molecule has 0 unspecified atom stereocenters. The number of rotatable bonds is 30. The highest BCUT2D eigenvalue weighted by Gasteiger charge is 2.02. The third-order valence-corrected chi connectivity index (χ3v) is 6.65. The number of allylic oxidation sites excluding steroid dienone is 2. The summed E-state index contributed by atoms with van der Waals surface area (Å²) in [6.07, 6.45) is 27.8. The molecule has 0 aliphatic heterocycles. The predicted molar refractivity (Wildman–Crippen MR) is 161 cm³/mol. The number of nitrogens with one attached hydrogen (secondary N) is 2. The largest absolute Gasteiger partial charge is 0.380 e. The van der Waals surface area contributed by atoms with Crippen LogP contribution >= 0.6 is 11.6 Å². The Morgan fingerprint density at radius 2 is 1.03 bits per heavy atom. The van der Waals surface area contributed by atoms with Gasteiger partial charge in [0.15, 0.2) is 0 Å². The number of hydrogen-bond acceptors (Lipinski definition) is 4. The first-order valence-corrected chi connectivity index (χ1v) is 16.1. The molecule has 38 heavy (non-hydrogen) atoms. The van der Waals surface area contributed by atoms with Gasteiger partial charge in [0.05, 0.1) is 26.4 Å². The molecule has 0 bridgehead atoms. The molecule has 0 heterocycles. The van der Waals surface area contributed by atoms with Crippen molar-refractivity contribution in [3.05, 3.63) is 12.2 Å². The van der Waals surface area contributed by atoms with Crippen LogP contribution in [0.25, 0.3) is 0 Å². The molecule has 0 atom stereocenters.